The first-order valence-electron chi connectivity index (χ1n) is 6.11. The lowest BCUT2D eigenvalue weighted by Gasteiger charge is -2.10. The van der Waals surface area contributed by atoms with Crippen molar-refractivity contribution in [2.45, 2.75) is 32.5 Å². The zero-order chi connectivity index (χ0) is 14.3. The zero-order valence-corrected chi connectivity index (χ0v) is 11.4. The molecule has 108 valence electrons. The molecule has 0 atom stereocenters. The van der Waals surface area contributed by atoms with Gasteiger partial charge >= 0.3 is 6.18 Å². The van der Waals surface area contributed by atoms with Gasteiger partial charge in [-0.3, -0.25) is 0 Å². The number of alkyl halides is 3. The summed E-state index contributed by atoms with van der Waals surface area (Å²) in [6.07, 6.45) is -5.05. The summed E-state index contributed by atoms with van der Waals surface area (Å²) >= 11 is 6.00. The van der Waals surface area contributed by atoms with Gasteiger partial charge in [0.15, 0.2) is 0 Å². The van der Waals surface area contributed by atoms with Gasteiger partial charge in [0.1, 0.15) is 5.75 Å². The molecule has 0 unspecified atom stereocenters. The van der Waals surface area contributed by atoms with E-state index in [1.165, 1.54) is 0 Å². The van der Waals surface area contributed by atoms with Crippen LogP contribution in [0.3, 0.4) is 0 Å². The van der Waals surface area contributed by atoms with Crippen LogP contribution in [0, 0.1) is 0 Å². The lowest BCUT2D eigenvalue weighted by Crippen LogP contribution is -2.12. The van der Waals surface area contributed by atoms with Gasteiger partial charge in [0.05, 0.1) is 11.6 Å². The third-order valence-electron chi connectivity index (χ3n) is 2.44. The van der Waals surface area contributed by atoms with E-state index in [4.69, 9.17) is 16.3 Å². The number of ether oxygens (including phenoxy) is 1. The standard InChI is InChI=1S/C13H17ClF3NO/c1-2-18-9-10-4-5-12(11(14)8-10)19-7-3-6-13(15,16)17/h4-5,8,18H,2-3,6-7,9H2,1H3. The van der Waals surface area contributed by atoms with Crippen molar-refractivity contribution in [1.82, 2.24) is 5.32 Å². The first-order valence-corrected chi connectivity index (χ1v) is 6.49. The Balaban J connectivity index is 2.42. The highest BCUT2D eigenvalue weighted by Gasteiger charge is 2.26. The van der Waals surface area contributed by atoms with E-state index >= 15 is 0 Å². The molecule has 6 heteroatoms. The Morgan fingerprint density at radius 1 is 1.32 bits per heavy atom. The Morgan fingerprint density at radius 2 is 2.05 bits per heavy atom. The number of rotatable bonds is 7. The highest BCUT2D eigenvalue weighted by molar-refractivity contribution is 6.32. The van der Waals surface area contributed by atoms with Gasteiger partial charge in [0, 0.05) is 13.0 Å². The summed E-state index contributed by atoms with van der Waals surface area (Å²) in [6, 6.07) is 5.28. The van der Waals surface area contributed by atoms with E-state index in [-0.39, 0.29) is 13.0 Å². The van der Waals surface area contributed by atoms with E-state index < -0.39 is 12.6 Å². The SMILES string of the molecule is CCNCc1ccc(OCCCC(F)(F)F)c(Cl)c1. The molecule has 0 fully saturated rings. The van der Waals surface area contributed by atoms with E-state index in [2.05, 4.69) is 5.32 Å². The number of halogens is 4. The molecule has 0 saturated heterocycles. The van der Waals surface area contributed by atoms with Crippen LogP contribution in [0.2, 0.25) is 5.02 Å². The maximum Gasteiger partial charge on any atom is 0.389 e. The molecule has 2 nitrogen and oxygen atoms in total. The summed E-state index contributed by atoms with van der Waals surface area (Å²) in [4.78, 5) is 0. The molecular weight excluding hydrogens is 279 g/mol. The second kappa shape index (κ2) is 7.60. The Kier molecular flexibility index (Phi) is 6.45. The minimum atomic E-state index is -4.14. The summed E-state index contributed by atoms with van der Waals surface area (Å²) in [5.41, 5.74) is 1.01. The fourth-order valence-electron chi connectivity index (χ4n) is 1.50. The molecule has 0 aliphatic carbocycles. The molecular formula is C13H17ClF3NO. The van der Waals surface area contributed by atoms with Gasteiger partial charge in [-0.2, -0.15) is 13.2 Å². The second-order valence-corrected chi connectivity index (χ2v) is 4.52. The van der Waals surface area contributed by atoms with Crippen molar-refractivity contribution in [3.8, 4) is 5.75 Å². The van der Waals surface area contributed by atoms with Crippen LogP contribution in [0.4, 0.5) is 13.2 Å². The molecule has 0 amide bonds. The molecule has 0 saturated carbocycles. The number of benzene rings is 1. The normalized spacial score (nSPS) is 11.6. The second-order valence-electron chi connectivity index (χ2n) is 4.11. The van der Waals surface area contributed by atoms with Gasteiger partial charge in [-0.25, -0.2) is 0 Å². The van der Waals surface area contributed by atoms with Gasteiger partial charge in [-0.05, 0) is 30.7 Å². The van der Waals surface area contributed by atoms with Crippen LogP contribution in [0.25, 0.3) is 0 Å². The Bertz CT molecular complexity index is 396. The lowest BCUT2D eigenvalue weighted by atomic mass is 10.2. The largest absolute Gasteiger partial charge is 0.492 e. The maximum absolute atomic E-state index is 11.9. The van der Waals surface area contributed by atoms with E-state index in [0.717, 1.165) is 12.1 Å². The summed E-state index contributed by atoms with van der Waals surface area (Å²) in [7, 11) is 0. The summed E-state index contributed by atoms with van der Waals surface area (Å²) in [5, 5.41) is 3.57. The van der Waals surface area contributed by atoms with Crippen LogP contribution in [0.1, 0.15) is 25.3 Å². The summed E-state index contributed by atoms with van der Waals surface area (Å²) < 4.78 is 41.1. The molecule has 1 rings (SSSR count). The first kappa shape index (κ1) is 16.1. The van der Waals surface area contributed by atoms with Crippen LogP contribution in [-0.4, -0.2) is 19.3 Å². The molecule has 1 N–H and O–H groups in total. The fourth-order valence-corrected chi connectivity index (χ4v) is 1.75. The third kappa shape index (κ3) is 6.68. The quantitative estimate of drug-likeness (QED) is 0.762. The topological polar surface area (TPSA) is 21.3 Å². The molecule has 0 aliphatic heterocycles. The van der Waals surface area contributed by atoms with Crippen LogP contribution in [0.15, 0.2) is 18.2 Å². The third-order valence-corrected chi connectivity index (χ3v) is 2.73. The molecule has 0 heterocycles. The maximum atomic E-state index is 11.9. The van der Waals surface area contributed by atoms with Crippen molar-refractivity contribution < 1.29 is 17.9 Å². The first-order chi connectivity index (χ1) is 8.92. The van der Waals surface area contributed by atoms with Gasteiger partial charge in [-0.15, -0.1) is 0 Å². The predicted octanol–water partition coefficient (Wildman–Crippen LogP) is 4.17. The van der Waals surface area contributed by atoms with Crippen molar-refractivity contribution in [3.63, 3.8) is 0 Å². The van der Waals surface area contributed by atoms with E-state index in [1.807, 2.05) is 13.0 Å². The molecule has 1 aromatic carbocycles. The van der Waals surface area contributed by atoms with Crippen LogP contribution >= 0.6 is 11.6 Å². The van der Waals surface area contributed by atoms with Crippen molar-refractivity contribution >= 4 is 11.6 Å². The molecule has 19 heavy (non-hydrogen) atoms. The molecule has 0 bridgehead atoms. The van der Waals surface area contributed by atoms with Crippen molar-refractivity contribution in [1.29, 1.82) is 0 Å². The van der Waals surface area contributed by atoms with Crippen LogP contribution in [0.5, 0.6) is 5.75 Å². The number of hydrogen-bond acceptors (Lipinski definition) is 2. The molecule has 0 spiro atoms. The van der Waals surface area contributed by atoms with Crippen molar-refractivity contribution in [2.24, 2.45) is 0 Å². The number of hydrogen-bond donors (Lipinski definition) is 1. The smallest absolute Gasteiger partial charge is 0.389 e. The minimum absolute atomic E-state index is 0.00574. The monoisotopic (exact) mass is 295 g/mol. The Morgan fingerprint density at radius 3 is 2.63 bits per heavy atom. The average Bonchev–Trinajstić information content (AvgIpc) is 2.32. The molecule has 0 aliphatic rings. The number of nitrogens with one attached hydrogen (secondary N) is 1. The zero-order valence-electron chi connectivity index (χ0n) is 10.7. The van der Waals surface area contributed by atoms with Crippen molar-refractivity contribution in [2.75, 3.05) is 13.2 Å². The van der Waals surface area contributed by atoms with Gasteiger partial charge in [-0.1, -0.05) is 24.6 Å². The predicted molar refractivity (Wildman–Crippen MR) is 69.6 cm³/mol. The summed E-state index contributed by atoms with van der Waals surface area (Å²) in [5.74, 6) is 0.420. The average molecular weight is 296 g/mol. The van der Waals surface area contributed by atoms with Gasteiger partial charge in [0.25, 0.3) is 0 Å². The highest BCUT2D eigenvalue weighted by atomic mass is 35.5. The van der Waals surface area contributed by atoms with E-state index in [0.29, 0.717) is 17.3 Å². The molecule has 1 aromatic rings. The van der Waals surface area contributed by atoms with Crippen LogP contribution < -0.4 is 10.1 Å². The van der Waals surface area contributed by atoms with Gasteiger partial charge < -0.3 is 10.1 Å². The molecule has 0 aromatic heterocycles. The highest BCUT2D eigenvalue weighted by Crippen LogP contribution is 2.26. The van der Waals surface area contributed by atoms with Crippen LogP contribution in [-0.2, 0) is 6.54 Å². The minimum Gasteiger partial charge on any atom is -0.492 e. The Hall–Kier alpha value is -0.940. The van der Waals surface area contributed by atoms with E-state index in [1.54, 1.807) is 12.1 Å². The molecule has 0 radical (unpaired) electrons. The van der Waals surface area contributed by atoms with Crippen molar-refractivity contribution in [3.05, 3.63) is 28.8 Å². The Labute approximate surface area is 115 Å². The van der Waals surface area contributed by atoms with E-state index in [9.17, 15) is 13.2 Å². The lowest BCUT2D eigenvalue weighted by molar-refractivity contribution is -0.136. The fraction of sp³-hybridized carbons (Fsp3) is 0.538. The van der Waals surface area contributed by atoms with Gasteiger partial charge in [0.2, 0.25) is 0 Å². The summed E-state index contributed by atoms with van der Waals surface area (Å²) in [6.45, 7) is 3.56.